The van der Waals surface area contributed by atoms with Crippen LogP contribution in [-0.2, 0) is 11.0 Å². The van der Waals surface area contributed by atoms with E-state index in [2.05, 4.69) is 5.32 Å². The first kappa shape index (κ1) is 17.0. The van der Waals surface area contributed by atoms with E-state index in [9.17, 15) is 22.8 Å². The molecule has 5 nitrogen and oxygen atoms in total. The number of carbonyl (C=O) groups excluding carboxylic acids is 2. The lowest BCUT2D eigenvalue weighted by Gasteiger charge is -2.22. The smallest absolute Gasteiger partial charge is 0.351 e. The number of amides is 3. The van der Waals surface area contributed by atoms with Crippen molar-refractivity contribution in [3.05, 3.63) is 35.4 Å². The number of alkyl halides is 3. The number of halogens is 3. The molecule has 4 N–H and O–H groups in total. The fraction of sp³-hybridized carbons (Fsp3) is 0.385. The molecule has 1 aromatic rings. The van der Waals surface area contributed by atoms with Crippen LogP contribution in [0, 0.1) is 0 Å². The summed E-state index contributed by atoms with van der Waals surface area (Å²) in [5.74, 6) is -0.709. The van der Waals surface area contributed by atoms with Gasteiger partial charge in [-0.05, 0) is 25.5 Å². The summed E-state index contributed by atoms with van der Waals surface area (Å²) in [6.45, 7) is 2.92. The molecule has 0 unspecified atom stereocenters. The van der Waals surface area contributed by atoms with Crippen LogP contribution in [0.4, 0.5) is 18.0 Å². The number of urea groups is 1. The Hall–Kier alpha value is -2.09. The van der Waals surface area contributed by atoms with Gasteiger partial charge in [0.2, 0.25) is 5.91 Å². The van der Waals surface area contributed by atoms with Crippen LogP contribution in [0.2, 0.25) is 0 Å². The van der Waals surface area contributed by atoms with Crippen LogP contribution in [0.3, 0.4) is 0 Å². The Morgan fingerprint density at radius 1 is 1.19 bits per heavy atom. The van der Waals surface area contributed by atoms with Gasteiger partial charge < -0.3 is 5.73 Å². The van der Waals surface area contributed by atoms with Gasteiger partial charge in [0, 0.05) is 6.04 Å². The summed E-state index contributed by atoms with van der Waals surface area (Å²) in [5, 5.41) is 4.55. The van der Waals surface area contributed by atoms with Gasteiger partial charge in [0.1, 0.15) is 0 Å². The highest BCUT2D eigenvalue weighted by atomic mass is 19.4. The van der Waals surface area contributed by atoms with Crippen molar-refractivity contribution in [2.24, 2.45) is 5.73 Å². The lowest BCUT2D eigenvalue weighted by Crippen LogP contribution is -2.47. The number of imide groups is 1. The first-order valence-corrected chi connectivity index (χ1v) is 6.15. The van der Waals surface area contributed by atoms with Crippen molar-refractivity contribution >= 4 is 11.9 Å². The monoisotopic (exact) mass is 303 g/mol. The Bertz CT molecular complexity index is 532. The van der Waals surface area contributed by atoms with Crippen molar-refractivity contribution in [3.63, 3.8) is 0 Å². The molecule has 0 heterocycles. The maximum Gasteiger partial charge on any atom is 0.416 e. The molecule has 8 heteroatoms. The molecule has 0 aliphatic heterocycles. The zero-order valence-electron chi connectivity index (χ0n) is 11.5. The van der Waals surface area contributed by atoms with Gasteiger partial charge >= 0.3 is 12.2 Å². The first-order valence-electron chi connectivity index (χ1n) is 6.15. The van der Waals surface area contributed by atoms with E-state index in [0.29, 0.717) is 0 Å². The van der Waals surface area contributed by atoms with Gasteiger partial charge in [-0.1, -0.05) is 18.2 Å². The third-order valence-corrected chi connectivity index (χ3v) is 2.87. The molecule has 1 rings (SSSR count). The highest BCUT2D eigenvalue weighted by molar-refractivity contribution is 5.96. The van der Waals surface area contributed by atoms with Crippen molar-refractivity contribution in [2.45, 2.75) is 32.1 Å². The number of primary amides is 1. The molecule has 0 aliphatic carbocycles. The van der Waals surface area contributed by atoms with Crippen LogP contribution in [0.1, 0.15) is 31.0 Å². The standard InChI is InChI=1S/C13H16F3N3O2/c1-7(18-8(2)11(20)19-12(17)21)9-5-3-4-6-10(9)13(14,15)16/h3-8,18H,1-2H3,(H3,17,19,20,21)/t7-,8+/m0/s1. The van der Waals surface area contributed by atoms with Crippen LogP contribution in [0.5, 0.6) is 0 Å². The molecule has 0 saturated carbocycles. The van der Waals surface area contributed by atoms with Crippen molar-refractivity contribution in [1.82, 2.24) is 10.6 Å². The molecule has 1 aromatic carbocycles. The third-order valence-electron chi connectivity index (χ3n) is 2.87. The highest BCUT2D eigenvalue weighted by Crippen LogP contribution is 2.34. The van der Waals surface area contributed by atoms with E-state index < -0.39 is 35.8 Å². The zero-order valence-corrected chi connectivity index (χ0v) is 11.5. The van der Waals surface area contributed by atoms with Crippen molar-refractivity contribution in [2.75, 3.05) is 0 Å². The molecule has 0 aromatic heterocycles. The second-order valence-corrected chi connectivity index (χ2v) is 4.55. The number of hydrogen-bond acceptors (Lipinski definition) is 3. The third kappa shape index (κ3) is 4.75. The molecule has 0 spiro atoms. The van der Waals surface area contributed by atoms with Crippen LogP contribution in [-0.4, -0.2) is 18.0 Å². The van der Waals surface area contributed by atoms with E-state index in [1.165, 1.54) is 32.0 Å². The predicted octanol–water partition coefficient (Wildman–Crippen LogP) is 1.94. The molecule has 0 saturated heterocycles. The van der Waals surface area contributed by atoms with E-state index in [1.807, 2.05) is 5.32 Å². The quantitative estimate of drug-likeness (QED) is 0.794. The second kappa shape index (κ2) is 6.57. The van der Waals surface area contributed by atoms with Crippen molar-refractivity contribution < 1.29 is 22.8 Å². The number of hydrogen-bond donors (Lipinski definition) is 3. The molecule has 21 heavy (non-hydrogen) atoms. The molecule has 0 fully saturated rings. The Morgan fingerprint density at radius 3 is 2.29 bits per heavy atom. The van der Waals surface area contributed by atoms with Crippen molar-refractivity contribution in [1.29, 1.82) is 0 Å². The van der Waals surface area contributed by atoms with E-state index >= 15 is 0 Å². The number of benzene rings is 1. The average molecular weight is 303 g/mol. The molecule has 0 aliphatic rings. The lowest BCUT2D eigenvalue weighted by atomic mass is 10.0. The summed E-state index contributed by atoms with van der Waals surface area (Å²) in [7, 11) is 0. The number of nitrogens with one attached hydrogen (secondary N) is 2. The minimum atomic E-state index is -4.48. The second-order valence-electron chi connectivity index (χ2n) is 4.55. The lowest BCUT2D eigenvalue weighted by molar-refractivity contribution is -0.138. The van der Waals surface area contributed by atoms with E-state index in [0.717, 1.165) is 6.07 Å². The maximum atomic E-state index is 12.9. The van der Waals surface area contributed by atoms with Crippen molar-refractivity contribution in [3.8, 4) is 0 Å². The maximum absolute atomic E-state index is 12.9. The SMILES string of the molecule is C[C@H](N[C@H](C)C(=O)NC(N)=O)c1ccccc1C(F)(F)F. The largest absolute Gasteiger partial charge is 0.416 e. The van der Waals surface area contributed by atoms with E-state index in [-0.39, 0.29) is 5.56 Å². The zero-order chi connectivity index (χ0) is 16.2. The summed E-state index contributed by atoms with van der Waals surface area (Å²) in [5.41, 5.74) is 4.05. The minimum Gasteiger partial charge on any atom is -0.351 e. The highest BCUT2D eigenvalue weighted by Gasteiger charge is 2.34. The minimum absolute atomic E-state index is 0.0173. The van der Waals surface area contributed by atoms with Gasteiger partial charge in [-0.15, -0.1) is 0 Å². The summed E-state index contributed by atoms with van der Waals surface area (Å²) < 4.78 is 38.7. The van der Waals surface area contributed by atoms with Crippen LogP contribution in [0.25, 0.3) is 0 Å². The van der Waals surface area contributed by atoms with E-state index in [4.69, 9.17) is 5.73 Å². The van der Waals surface area contributed by atoms with Crippen LogP contribution >= 0.6 is 0 Å². The molecule has 0 radical (unpaired) electrons. The fourth-order valence-electron chi connectivity index (χ4n) is 1.90. The van der Waals surface area contributed by atoms with Gasteiger partial charge in [0.25, 0.3) is 0 Å². The summed E-state index contributed by atoms with van der Waals surface area (Å²) in [6, 6.07) is 2.45. The molecular formula is C13H16F3N3O2. The van der Waals surface area contributed by atoms with Crippen LogP contribution in [0.15, 0.2) is 24.3 Å². The molecule has 3 amide bonds. The molecule has 116 valence electrons. The van der Waals surface area contributed by atoms with Gasteiger partial charge in [-0.2, -0.15) is 13.2 Å². The molecule has 0 bridgehead atoms. The van der Waals surface area contributed by atoms with Gasteiger partial charge in [0.15, 0.2) is 0 Å². The Labute approximate surface area is 119 Å². The van der Waals surface area contributed by atoms with E-state index in [1.54, 1.807) is 0 Å². The number of carbonyl (C=O) groups is 2. The topological polar surface area (TPSA) is 84.2 Å². The predicted molar refractivity (Wildman–Crippen MR) is 70.2 cm³/mol. The van der Waals surface area contributed by atoms with Crippen LogP contribution < -0.4 is 16.4 Å². The Morgan fingerprint density at radius 2 is 1.76 bits per heavy atom. The Balaban J connectivity index is 2.88. The summed E-state index contributed by atoms with van der Waals surface area (Å²) >= 11 is 0. The Kier molecular flexibility index (Phi) is 5.31. The summed E-state index contributed by atoms with van der Waals surface area (Å²) in [4.78, 5) is 22.1. The molecular weight excluding hydrogens is 287 g/mol. The first-order chi connectivity index (χ1) is 9.62. The number of nitrogens with two attached hydrogens (primary N) is 1. The summed E-state index contributed by atoms with van der Waals surface area (Å²) in [6.07, 6.45) is -4.48. The average Bonchev–Trinajstić information content (AvgIpc) is 2.36. The van der Waals surface area contributed by atoms with Gasteiger partial charge in [-0.3, -0.25) is 15.4 Å². The normalized spacial score (nSPS) is 14.3. The van der Waals surface area contributed by atoms with Gasteiger partial charge in [-0.25, -0.2) is 4.79 Å². The number of rotatable bonds is 4. The molecule has 2 atom stereocenters. The van der Waals surface area contributed by atoms with Gasteiger partial charge in [0.05, 0.1) is 11.6 Å². The fourth-order valence-corrected chi connectivity index (χ4v) is 1.90.